The van der Waals surface area contributed by atoms with Crippen LogP contribution < -0.4 is 14.8 Å². The Bertz CT molecular complexity index is 836. The van der Waals surface area contributed by atoms with Crippen LogP contribution in [0.2, 0.25) is 0 Å². The SMILES string of the molecule is CCCNC(=O)c1cc(S(=O)(=O)NCCc2ccccc2)ccc1OC. The number of benzene rings is 2. The molecule has 0 bridgehead atoms. The van der Waals surface area contributed by atoms with Crippen molar-refractivity contribution in [3.8, 4) is 5.75 Å². The molecule has 0 aliphatic rings. The highest BCUT2D eigenvalue weighted by Crippen LogP contribution is 2.22. The van der Waals surface area contributed by atoms with Gasteiger partial charge in [-0.3, -0.25) is 4.79 Å². The third-order valence-corrected chi connectivity index (χ3v) is 5.27. The zero-order chi connectivity index (χ0) is 19.0. The maximum Gasteiger partial charge on any atom is 0.255 e. The second kappa shape index (κ2) is 9.35. The zero-order valence-corrected chi connectivity index (χ0v) is 15.8. The highest BCUT2D eigenvalue weighted by Gasteiger charge is 2.19. The highest BCUT2D eigenvalue weighted by atomic mass is 32.2. The van der Waals surface area contributed by atoms with E-state index in [9.17, 15) is 13.2 Å². The maximum atomic E-state index is 12.5. The Labute approximate surface area is 154 Å². The van der Waals surface area contributed by atoms with Crippen LogP contribution in [0.3, 0.4) is 0 Å². The molecule has 0 saturated carbocycles. The zero-order valence-electron chi connectivity index (χ0n) is 15.0. The minimum atomic E-state index is -3.72. The van der Waals surface area contributed by atoms with Crippen molar-refractivity contribution < 1.29 is 17.9 Å². The Balaban J connectivity index is 2.13. The molecule has 0 saturated heterocycles. The van der Waals surface area contributed by atoms with E-state index in [2.05, 4.69) is 10.0 Å². The lowest BCUT2D eigenvalue weighted by atomic mass is 10.2. The Morgan fingerprint density at radius 2 is 1.81 bits per heavy atom. The van der Waals surface area contributed by atoms with Crippen molar-refractivity contribution in [2.24, 2.45) is 0 Å². The van der Waals surface area contributed by atoms with Gasteiger partial charge in [0, 0.05) is 13.1 Å². The van der Waals surface area contributed by atoms with E-state index >= 15 is 0 Å². The third kappa shape index (κ3) is 5.31. The van der Waals surface area contributed by atoms with Gasteiger partial charge in [0.2, 0.25) is 10.0 Å². The average molecular weight is 376 g/mol. The molecule has 0 radical (unpaired) electrons. The van der Waals surface area contributed by atoms with Gasteiger partial charge in [-0.2, -0.15) is 0 Å². The molecule has 0 heterocycles. The minimum absolute atomic E-state index is 0.0352. The van der Waals surface area contributed by atoms with Crippen molar-refractivity contribution in [2.45, 2.75) is 24.7 Å². The molecule has 2 rings (SSSR count). The van der Waals surface area contributed by atoms with E-state index in [0.717, 1.165) is 12.0 Å². The summed E-state index contributed by atoms with van der Waals surface area (Å²) in [6.45, 7) is 2.72. The molecule has 0 fully saturated rings. The predicted octanol–water partition coefficient (Wildman–Crippen LogP) is 2.36. The normalized spacial score (nSPS) is 11.2. The second-order valence-corrected chi connectivity index (χ2v) is 7.52. The average Bonchev–Trinajstić information content (AvgIpc) is 2.66. The fourth-order valence-electron chi connectivity index (χ4n) is 2.42. The smallest absolute Gasteiger partial charge is 0.255 e. The van der Waals surface area contributed by atoms with E-state index in [1.54, 1.807) is 0 Å². The first-order valence-electron chi connectivity index (χ1n) is 8.47. The molecule has 7 heteroatoms. The van der Waals surface area contributed by atoms with Crippen molar-refractivity contribution in [1.29, 1.82) is 0 Å². The van der Waals surface area contributed by atoms with Crippen LogP contribution in [0.15, 0.2) is 53.4 Å². The molecule has 2 aromatic rings. The summed E-state index contributed by atoms with van der Waals surface area (Å²) in [5.41, 5.74) is 1.25. The van der Waals surface area contributed by atoms with Gasteiger partial charge in [-0.1, -0.05) is 37.3 Å². The number of rotatable bonds is 9. The number of amides is 1. The molecule has 26 heavy (non-hydrogen) atoms. The van der Waals surface area contributed by atoms with Crippen LogP contribution in [-0.4, -0.2) is 34.5 Å². The minimum Gasteiger partial charge on any atom is -0.496 e. The lowest BCUT2D eigenvalue weighted by Crippen LogP contribution is -2.27. The van der Waals surface area contributed by atoms with E-state index in [1.165, 1.54) is 25.3 Å². The molecule has 0 aliphatic carbocycles. The van der Waals surface area contributed by atoms with Gasteiger partial charge in [0.25, 0.3) is 5.91 Å². The molecule has 2 aromatic carbocycles. The van der Waals surface area contributed by atoms with Gasteiger partial charge in [0.1, 0.15) is 5.75 Å². The molecule has 6 nitrogen and oxygen atoms in total. The molecule has 0 aromatic heterocycles. The van der Waals surface area contributed by atoms with Crippen LogP contribution in [0.4, 0.5) is 0 Å². The largest absolute Gasteiger partial charge is 0.496 e. The molecule has 2 N–H and O–H groups in total. The van der Waals surface area contributed by atoms with E-state index < -0.39 is 10.0 Å². The van der Waals surface area contributed by atoms with Gasteiger partial charge >= 0.3 is 0 Å². The number of ether oxygens (including phenoxy) is 1. The topological polar surface area (TPSA) is 84.5 Å². The summed E-state index contributed by atoms with van der Waals surface area (Å²) < 4.78 is 32.8. The summed E-state index contributed by atoms with van der Waals surface area (Å²) in [6.07, 6.45) is 1.37. The van der Waals surface area contributed by atoms with Gasteiger partial charge in [0.05, 0.1) is 17.6 Å². The number of carbonyl (C=O) groups excluding carboxylic acids is 1. The quantitative estimate of drug-likeness (QED) is 0.704. The summed E-state index contributed by atoms with van der Waals surface area (Å²) >= 11 is 0. The lowest BCUT2D eigenvalue weighted by Gasteiger charge is -2.12. The molecule has 0 unspecified atom stereocenters. The van der Waals surface area contributed by atoms with Gasteiger partial charge in [-0.05, 0) is 36.6 Å². The first kappa shape index (κ1) is 19.9. The Morgan fingerprint density at radius 1 is 1.08 bits per heavy atom. The van der Waals surface area contributed by atoms with Crippen molar-refractivity contribution in [2.75, 3.05) is 20.2 Å². The van der Waals surface area contributed by atoms with Gasteiger partial charge in [-0.25, -0.2) is 13.1 Å². The van der Waals surface area contributed by atoms with Crippen LogP contribution >= 0.6 is 0 Å². The van der Waals surface area contributed by atoms with E-state index in [0.29, 0.717) is 18.7 Å². The summed E-state index contributed by atoms with van der Waals surface area (Å²) in [5.74, 6) is -0.0214. The number of nitrogens with one attached hydrogen (secondary N) is 2. The number of hydrogen-bond donors (Lipinski definition) is 2. The number of methoxy groups -OCH3 is 1. The molecule has 140 valence electrons. The third-order valence-electron chi connectivity index (χ3n) is 3.81. The van der Waals surface area contributed by atoms with Crippen molar-refractivity contribution in [3.05, 3.63) is 59.7 Å². The number of carbonyl (C=O) groups is 1. The van der Waals surface area contributed by atoms with Gasteiger partial charge in [0.15, 0.2) is 0 Å². The van der Waals surface area contributed by atoms with Crippen molar-refractivity contribution >= 4 is 15.9 Å². The fraction of sp³-hybridized carbons (Fsp3) is 0.316. The molecule has 0 spiro atoms. The molecule has 0 aliphatic heterocycles. The number of sulfonamides is 1. The fourth-order valence-corrected chi connectivity index (χ4v) is 3.48. The Morgan fingerprint density at radius 3 is 2.46 bits per heavy atom. The van der Waals surface area contributed by atoms with E-state index in [-0.39, 0.29) is 22.9 Å². The van der Waals surface area contributed by atoms with Crippen LogP contribution in [-0.2, 0) is 16.4 Å². The van der Waals surface area contributed by atoms with E-state index in [4.69, 9.17) is 4.74 Å². The van der Waals surface area contributed by atoms with Crippen LogP contribution in [0.5, 0.6) is 5.75 Å². The monoisotopic (exact) mass is 376 g/mol. The maximum absolute atomic E-state index is 12.5. The van der Waals surface area contributed by atoms with E-state index in [1.807, 2.05) is 37.3 Å². The lowest BCUT2D eigenvalue weighted by molar-refractivity contribution is 0.0950. The van der Waals surface area contributed by atoms with Crippen LogP contribution in [0.25, 0.3) is 0 Å². The van der Waals surface area contributed by atoms with Crippen molar-refractivity contribution in [1.82, 2.24) is 10.0 Å². The standard InChI is InChI=1S/C19H24N2O4S/c1-3-12-20-19(22)17-14-16(9-10-18(17)25-2)26(23,24)21-13-11-15-7-5-4-6-8-15/h4-10,14,21H,3,11-13H2,1-2H3,(H,20,22). The Hall–Kier alpha value is -2.38. The molecule has 1 amide bonds. The first-order chi connectivity index (χ1) is 12.5. The summed E-state index contributed by atoms with van der Waals surface area (Å²) in [7, 11) is -2.27. The molecule has 0 atom stereocenters. The predicted molar refractivity (Wildman–Crippen MR) is 101 cm³/mol. The molecular weight excluding hydrogens is 352 g/mol. The molecular formula is C19H24N2O4S. The van der Waals surface area contributed by atoms with Gasteiger partial charge < -0.3 is 10.1 Å². The van der Waals surface area contributed by atoms with Crippen LogP contribution in [0, 0.1) is 0 Å². The highest BCUT2D eigenvalue weighted by molar-refractivity contribution is 7.89. The summed E-state index contributed by atoms with van der Waals surface area (Å²) in [4.78, 5) is 12.3. The first-order valence-corrected chi connectivity index (χ1v) is 9.96. The Kier molecular flexibility index (Phi) is 7.17. The summed E-state index contributed by atoms with van der Waals surface area (Å²) in [6, 6.07) is 13.9. The number of hydrogen-bond acceptors (Lipinski definition) is 4. The van der Waals surface area contributed by atoms with Gasteiger partial charge in [-0.15, -0.1) is 0 Å². The second-order valence-electron chi connectivity index (χ2n) is 5.75. The summed E-state index contributed by atoms with van der Waals surface area (Å²) in [5, 5.41) is 2.73. The van der Waals surface area contributed by atoms with Crippen LogP contribution in [0.1, 0.15) is 29.3 Å². The van der Waals surface area contributed by atoms with Crippen molar-refractivity contribution in [3.63, 3.8) is 0 Å².